The van der Waals surface area contributed by atoms with Crippen LogP contribution in [0.4, 0.5) is 0 Å². The number of benzene rings is 1. The molecule has 8 nitrogen and oxygen atoms in total. The molecule has 0 fully saturated rings. The van der Waals surface area contributed by atoms with Crippen molar-refractivity contribution >= 4 is 17.7 Å². The lowest BCUT2D eigenvalue weighted by molar-refractivity contribution is -0.139. The van der Waals surface area contributed by atoms with Gasteiger partial charge in [0.2, 0.25) is 11.8 Å². The first-order valence-electron chi connectivity index (χ1n) is 8.18. The maximum Gasteiger partial charge on any atom is 0.311 e. The molecule has 0 aliphatic carbocycles. The molecule has 0 aliphatic rings. The van der Waals surface area contributed by atoms with Crippen LogP contribution in [-0.2, 0) is 16.0 Å². The fourth-order valence-corrected chi connectivity index (χ4v) is 3.14. The van der Waals surface area contributed by atoms with Crippen molar-refractivity contribution in [1.29, 1.82) is 0 Å². The molecule has 0 radical (unpaired) electrons. The van der Waals surface area contributed by atoms with Gasteiger partial charge < -0.3 is 14.1 Å². The molecule has 0 spiro atoms. The van der Waals surface area contributed by atoms with Crippen molar-refractivity contribution in [3.63, 3.8) is 0 Å². The van der Waals surface area contributed by atoms with E-state index < -0.39 is 5.97 Å². The molecule has 0 amide bonds. The van der Waals surface area contributed by atoms with Gasteiger partial charge in [0.25, 0.3) is 5.56 Å². The third-order valence-electron chi connectivity index (χ3n) is 3.70. The van der Waals surface area contributed by atoms with E-state index in [0.29, 0.717) is 22.6 Å². The number of hydrogen-bond donors (Lipinski definition) is 1. The van der Waals surface area contributed by atoms with Gasteiger partial charge in [0, 0.05) is 11.6 Å². The Labute approximate surface area is 159 Å². The average Bonchev–Trinajstić information content (AvgIpc) is 3.12. The molecule has 1 aromatic carbocycles. The van der Waals surface area contributed by atoms with E-state index in [1.807, 2.05) is 38.1 Å². The summed E-state index contributed by atoms with van der Waals surface area (Å²) in [6, 6.07) is 9.05. The van der Waals surface area contributed by atoms with Gasteiger partial charge in [-0.2, -0.15) is 0 Å². The molecule has 2 aromatic heterocycles. The molecule has 1 atom stereocenters. The molecule has 27 heavy (non-hydrogen) atoms. The topological polar surface area (TPSA) is 111 Å². The Bertz CT molecular complexity index is 997. The SMILES string of the molecule is COC(=O)Cc1cc(=O)[nH]c(S[C@H](C)c2nnc(-c3ccc(C)cc3)o2)n1. The minimum atomic E-state index is -0.461. The molecule has 3 aromatic rings. The second-order valence-electron chi connectivity index (χ2n) is 5.87. The van der Waals surface area contributed by atoms with Crippen molar-refractivity contribution in [3.8, 4) is 11.5 Å². The van der Waals surface area contributed by atoms with Crippen molar-refractivity contribution < 1.29 is 13.9 Å². The van der Waals surface area contributed by atoms with Crippen LogP contribution < -0.4 is 5.56 Å². The summed E-state index contributed by atoms with van der Waals surface area (Å²) in [4.78, 5) is 30.1. The van der Waals surface area contributed by atoms with Gasteiger partial charge in [-0.1, -0.05) is 29.5 Å². The van der Waals surface area contributed by atoms with Crippen molar-refractivity contribution in [2.45, 2.75) is 30.7 Å². The Morgan fingerprint density at radius 1 is 1.30 bits per heavy atom. The van der Waals surface area contributed by atoms with Gasteiger partial charge in [0.1, 0.15) is 0 Å². The van der Waals surface area contributed by atoms with Gasteiger partial charge in [-0.05, 0) is 26.0 Å². The highest BCUT2D eigenvalue weighted by atomic mass is 32.2. The fourth-order valence-electron chi connectivity index (χ4n) is 2.28. The Kier molecular flexibility index (Phi) is 5.70. The number of esters is 1. The number of carbonyl (C=O) groups excluding carboxylic acids is 1. The van der Waals surface area contributed by atoms with E-state index >= 15 is 0 Å². The first kappa shape index (κ1) is 18.8. The van der Waals surface area contributed by atoms with Crippen LogP contribution in [0, 0.1) is 6.92 Å². The van der Waals surface area contributed by atoms with Gasteiger partial charge in [0.05, 0.1) is 24.5 Å². The number of hydrogen-bond acceptors (Lipinski definition) is 8. The Morgan fingerprint density at radius 2 is 2.04 bits per heavy atom. The highest BCUT2D eigenvalue weighted by Gasteiger charge is 2.18. The van der Waals surface area contributed by atoms with Crippen LogP contribution in [0.2, 0.25) is 0 Å². The van der Waals surface area contributed by atoms with Crippen molar-refractivity contribution in [2.75, 3.05) is 7.11 Å². The van der Waals surface area contributed by atoms with E-state index in [4.69, 9.17) is 4.42 Å². The first-order valence-corrected chi connectivity index (χ1v) is 9.06. The number of carbonyl (C=O) groups is 1. The molecule has 0 bridgehead atoms. The number of aromatic nitrogens is 4. The summed E-state index contributed by atoms with van der Waals surface area (Å²) in [5.41, 5.74) is 1.98. The Hall–Kier alpha value is -2.94. The number of H-pyrrole nitrogens is 1. The fraction of sp³-hybridized carbons (Fsp3) is 0.278. The van der Waals surface area contributed by atoms with E-state index in [1.165, 1.54) is 24.9 Å². The number of ether oxygens (including phenoxy) is 1. The number of aryl methyl sites for hydroxylation is 1. The van der Waals surface area contributed by atoms with E-state index in [9.17, 15) is 9.59 Å². The monoisotopic (exact) mass is 386 g/mol. The lowest BCUT2D eigenvalue weighted by Crippen LogP contribution is -2.14. The summed E-state index contributed by atoms with van der Waals surface area (Å²) in [6.45, 7) is 3.87. The summed E-state index contributed by atoms with van der Waals surface area (Å²) < 4.78 is 10.4. The zero-order valence-electron chi connectivity index (χ0n) is 15.1. The maximum absolute atomic E-state index is 11.8. The van der Waals surface area contributed by atoms with Crippen LogP contribution >= 0.6 is 11.8 Å². The molecular formula is C18H18N4O4S. The predicted octanol–water partition coefficient (Wildman–Crippen LogP) is 2.70. The summed E-state index contributed by atoms with van der Waals surface area (Å²) >= 11 is 1.26. The van der Waals surface area contributed by atoms with Gasteiger partial charge in [-0.15, -0.1) is 10.2 Å². The van der Waals surface area contributed by atoms with Crippen LogP contribution in [0.25, 0.3) is 11.5 Å². The maximum atomic E-state index is 11.8. The highest BCUT2D eigenvalue weighted by Crippen LogP contribution is 2.33. The normalized spacial score (nSPS) is 12.0. The van der Waals surface area contributed by atoms with Gasteiger partial charge in [-0.3, -0.25) is 9.59 Å². The van der Waals surface area contributed by atoms with Gasteiger partial charge in [0.15, 0.2) is 5.16 Å². The zero-order valence-corrected chi connectivity index (χ0v) is 15.9. The molecule has 0 unspecified atom stereocenters. The molecule has 0 aliphatic heterocycles. The second-order valence-corrected chi connectivity index (χ2v) is 7.20. The summed E-state index contributed by atoms with van der Waals surface area (Å²) in [6.07, 6.45) is -0.0690. The molecule has 0 saturated heterocycles. The van der Waals surface area contributed by atoms with Crippen molar-refractivity contribution in [3.05, 3.63) is 57.8 Å². The van der Waals surface area contributed by atoms with Crippen LogP contribution in [0.5, 0.6) is 0 Å². The first-order chi connectivity index (χ1) is 12.9. The molecule has 0 saturated carbocycles. The number of nitrogens with one attached hydrogen (secondary N) is 1. The quantitative estimate of drug-likeness (QED) is 0.391. The molecule has 2 heterocycles. The lowest BCUT2D eigenvalue weighted by atomic mass is 10.1. The van der Waals surface area contributed by atoms with E-state index in [2.05, 4.69) is 24.9 Å². The summed E-state index contributed by atoms with van der Waals surface area (Å²) in [5, 5.41) is 8.29. The van der Waals surface area contributed by atoms with E-state index in [1.54, 1.807) is 0 Å². The molecule has 1 N–H and O–H groups in total. The summed E-state index contributed by atoms with van der Waals surface area (Å²) in [5.74, 6) is 0.381. The van der Waals surface area contributed by atoms with Crippen LogP contribution in [0.3, 0.4) is 0 Å². The predicted molar refractivity (Wildman–Crippen MR) is 99.3 cm³/mol. The Balaban J connectivity index is 1.75. The minimum absolute atomic E-state index is 0.0690. The van der Waals surface area contributed by atoms with Crippen molar-refractivity contribution in [1.82, 2.24) is 20.2 Å². The zero-order chi connectivity index (χ0) is 19.4. The van der Waals surface area contributed by atoms with Crippen LogP contribution in [-0.4, -0.2) is 33.2 Å². The Morgan fingerprint density at radius 3 is 2.74 bits per heavy atom. The molecule has 3 rings (SSSR count). The second kappa shape index (κ2) is 8.17. The highest BCUT2D eigenvalue weighted by molar-refractivity contribution is 7.99. The van der Waals surface area contributed by atoms with Crippen LogP contribution in [0.1, 0.15) is 29.3 Å². The number of nitrogens with zero attached hydrogens (tertiary/aromatic N) is 3. The summed E-state index contributed by atoms with van der Waals surface area (Å²) in [7, 11) is 1.29. The number of thioether (sulfide) groups is 1. The average molecular weight is 386 g/mol. The molecule has 140 valence electrons. The molecular weight excluding hydrogens is 368 g/mol. The third-order valence-corrected chi connectivity index (χ3v) is 4.67. The van der Waals surface area contributed by atoms with Gasteiger partial charge in [-0.25, -0.2) is 4.98 Å². The number of aromatic amines is 1. The third kappa shape index (κ3) is 4.82. The minimum Gasteiger partial charge on any atom is -0.469 e. The van der Waals surface area contributed by atoms with Crippen molar-refractivity contribution in [2.24, 2.45) is 0 Å². The standard InChI is InChI=1S/C18H18N4O4S/c1-10-4-6-12(7-5-10)17-22-21-16(26-17)11(2)27-18-19-13(8-14(23)20-18)9-15(24)25-3/h4-8,11H,9H2,1-3H3,(H,19,20,23)/t11-/m1/s1. The van der Waals surface area contributed by atoms with E-state index in [0.717, 1.165) is 11.1 Å². The van der Waals surface area contributed by atoms with Gasteiger partial charge >= 0.3 is 5.97 Å². The van der Waals surface area contributed by atoms with E-state index in [-0.39, 0.29) is 17.2 Å². The number of methoxy groups -OCH3 is 1. The van der Waals surface area contributed by atoms with Crippen LogP contribution in [0.15, 0.2) is 44.7 Å². The lowest BCUT2D eigenvalue weighted by Gasteiger charge is -2.07. The largest absolute Gasteiger partial charge is 0.469 e. The molecule has 9 heteroatoms. The number of rotatable bonds is 6. The smallest absolute Gasteiger partial charge is 0.311 e.